The number of carbonyl (C=O) groups excluding carboxylic acids is 2. The van der Waals surface area contributed by atoms with Crippen molar-refractivity contribution in [2.45, 2.75) is 32.7 Å². The molecule has 3 aromatic carbocycles. The van der Waals surface area contributed by atoms with Crippen LogP contribution in [0.2, 0.25) is 0 Å². The zero-order chi connectivity index (χ0) is 24.2. The van der Waals surface area contributed by atoms with Crippen LogP contribution < -0.4 is 5.32 Å². The normalized spacial score (nSPS) is 12.8. The Morgan fingerprint density at radius 1 is 0.943 bits per heavy atom. The van der Waals surface area contributed by atoms with E-state index in [0.717, 1.165) is 34.6 Å². The number of benzene rings is 3. The average Bonchev–Trinajstić information content (AvgIpc) is 3.32. The predicted octanol–water partition coefficient (Wildman–Crippen LogP) is 6.02. The largest absolute Gasteiger partial charge is 0.461 e. The highest BCUT2D eigenvalue weighted by Gasteiger charge is 2.24. The van der Waals surface area contributed by atoms with Crippen LogP contribution in [0.25, 0.3) is 11.3 Å². The topological polar surface area (TPSA) is 62.6 Å². The van der Waals surface area contributed by atoms with Crippen LogP contribution in [0.1, 0.15) is 39.2 Å². The van der Waals surface area contributed by atoms with E-state index in [9.17, 15) is 9.59 Å². The molecule has 1 aliphatic heterocycles. The number of nitrogens with zero attached hydrogens (tertiary/aromatic N) is 1. The first-order valence-electron chi connectivity index (χ1n) is 12.0. The molecule has 2 heterocycles. The summed E-state index contributed by atoms with van der Waals surface area (Å²) in [7, 11) is 0. The highest BCUT2D eigenvalue weighted by molar-refractivity contribution is 6.04. The number of fused-ring (bicyclic) bond motifs is 1. The lowest BCUT2D eigenvalue weighted by atomic mass is 10.1. The van der Waals surface area contributed by atoms with Gasteiger partial charge in [-0.25, -0.2) is 0 Å². The molecule has 0 aliphatic carbocycles. The molecule has 1 aromatic heterocycles. The fourth-order valence-electron chi connectivity index (χ4n) is 4.40. The molecule has 35 heavy (non-hydrogen) atoms. The van der Waals surface area contributed by atoms with Crippen molar-refractivity contribution in [3.8, 4) is 11.3 Å². The van der Waals surface area contributed by atoms with E-state index >= 15 is 0 Å². The lowest BCUT2D eigenvalue weighted by Gasteiger charge is -2.26. The Morgan fingerprint density at radius 3 is 2.54 bits per heavy atom. The highest BCUT2D eigenvalue weighted by atomic mass is 16.3. The van der Waals surface area contributed by atoms with Crippen LogP contribution in [0, 0.1) is 6.92 Å². The monoisotopic (exact) mass is 464 g/mol. The molecule has 5 nitrogen and oxygen atoms in total. The van der Waals surface area contributed by atoms with Crippen LogP contribution in [0.4, 0.5) is 5.69 Å². The number of furan rings is 1. The van der Waals surface area contributed by atoms with Crippen LogP contribution in [0.15, 0.2) is 89.3 Å². The molecule has 176 valence electrons. The van der Waals surface area contributed by atoms with Crippen molar-refractivity contribution in [1.29, 1.82) is 0 Å². The van der Waals surface area contributed by atoms with Gasteiger partial charge in [0.2, 0.25) is 5.91 Å². The molecule has 0 spiro atoms. The molecule has 0 bridgehead atoms. The summed E-state index contributed by atoms with van der Waals surface area (Å²) in [6.45, 7) is 3.23. The molecule has 0 fully saturated rings. The molecule has 1 aliphatic rings. The minimum absolute atomic E-state index is 0.148. The molecule has 0 saturated carbocycles. The van der Waals surface area contributed by atoms with Crippen molar-refractivity contribution in [3.05, 3.63) is 113 Å². The van der Waals surface area contributed by atoms with Gasteiger partial charge in [0.25, 0.3) is 5.91 Å². The third-order valence-corrected chi connectivity index (χ3v) is 6.41. The van der Waals surface area contributed by atoms with Crippen molar-refractivity contribution < 1.29 is 14.0 Å². The van der Waals surface area contributed by atoms with E-state index in [0.29, 0.717) is 37.2 Å². The molecule has 0 saturated heterocycles. The smallest absolute Gasteiger partial charge is 0.255 e. The van der Waals surface area contributed by atoms with Crippen molar-refractivity contribution in [1.82, 2.24) is 4.90 Å². The van der Waals surface area contributed by atoms with Gasteiger partial charge in [-0.05, 0) is 49.2 Å². The summed E-state index contributed by atoms with van der Waals surface area (Å²) in [6, 6.07) is 27.3. The zero-order valence-electron chi connectivity index (χ0n) is 19.8. The van der Waals surface area contributed by atoms with Crippen molar-refractivity contribution in [2.24, 2.45) is 0 Å². The summed E-state index contributed by atoms with van der Waals surface area (Å²) in [5, 5.41) is 2.97. The Bertz CT molecular complexity index is 1340. The summed E-state index contributed by atoms with van der Waals surface area (Å²) >= 11 is 0. The number of rotatable bonds is 6. The number of hydrogen-bond donors (Lipinski definition) is 1. The van der Waals surface area contributed by atoms with Crippen molar-refractivity contribution in [2.75, 3.05) is 11.9 Å². The van der Waals surface area contributed by atoms with E-state index in [1.807, 2.05) is 84.6 Å². The highest BCUT2D eigenvalue weighted by Crippen LogP contribution is 2.31. The van der Waals surface area contributed by atoms with Gasteiger partial charge >= 0.3 is 0 Å². The average molecular weight is 465 g/mol. The Labute approximate surface area is 205 Å². The molecule has 0 atom stereocenters. The molecule has 1 N–H and O–H groups in total. The van der Waals surface area contributed by atoms with Gasteiger partial charge in [0, 0.05) is 48.3 Å². The molecule has 4 aromatic rings. The van der Waals surface area contributed by atoms with E-state index in [2.05, 4.69) is 17.4 Å². The first kappa shape index (κ1) is 22.7. The van der Waals surface area contributed by atoms with Gasteiger partial charge in [-0.3, -0.25) is 9.59 Å². The molecule has 0 unspecified atom stereocenters. The van der Waals surface area contributed by atoms with Crippen LogP contribution in [0.5, 0.6) is 0 Å². The van der Waals surface area contributed by atoms with E-state index in [1.165, 1.54) is 5.56 Å². The maximum absolute atomic E-state index is 12.8. The van der Waals surface area contributed by atoms with E-state index in [4.69, 9.17) is 4.42 Å². The maximum Gasteiger partial charge on any atom is 0.255 e. The van der Waals surface area contributed by atoms with Crippen LogP contribution in [0.3, 0.4) is 0 Å². The SMILES string of the molecule is Cc1ccc(C(=O)Nc2cccc(-c3cc4c(o3)CCN(C(=O)CCc3ccccc3)C4)c2)cc1. The third-order valence-electron chi connectivity index (χ3n) is 6.41. The fraction of sp³-hybridized carbons (Fsp3) is 0.200. The summed E-state index contributed by atoms with van der Waals surface area (Å²) in [4.78, 5) is 27.3. The molecular weight excluding hydrogens is 436 g/mol. The quantitative estimate of drug-likeness (QED) is 0.379. The number of amides is 2. The summed E-state index contributed by atoms with van der Waals surface area (Å²) in [5.41, 5.74) is 5.56. The van der Waals surface area contributed by atoms with Gasteiger partial charge in [-0.15, -0.1) is 0 Å². The second kappa shape index (κ2) is 10.0. The fourth-order valence-corrected chi connectivity index (χ4v) is 4.40. The minimum atomic E-state index is -0.148. The standard InChI is InChI=1S/C30H28N2O3/c1-21-10-13-23(14-11-21)30(34)31-26-9-5-8-24(18-26)28-19-25-20-32(17-16-27(25)35-28)29(33)15-12-22-6-3-2-4-7-22/h2-11,13-14,18-19H,12,15-17,20H2,1H3,(H,31,34). The molecule has 5 heteroatoms. The minimum Gasteiger partial charge on any atom is -0.461 e. The van der Waals surface area contributed by atoms with Crippen LogP contribution >= 0.6 is 0 Å². The second-order valence-electron chi connectivity index (χ2n) is 9.01. The van der Waals surface area contributed by atoms with E-state index in [-0.39, 0.29) is 11.8 Å². The number of nitrogens with one attached hydrogen (secondary N) is 1. The van der Waals surface area contributed by atoms with Gasteiger partial charge in [0.15, 0.2) is 0 Å². The summed E-state index contributed by atoms with van der Waals surface area (Å²) in [5.74, 6) is 1.70. The lowest BCUT2D eigenvalue weighted by Crippen LogP contribution is -2.35. The Morgan fingerprint density at radius 2 is 1.74 bits per heavy atom. The first-order valence-corrected chi connectivity index (χ1v) is 12.0. The summed E-state index contributed by atoms with van der Waals surface area (Å²) < 4.78 is 6.16. The Balaban J connectivity index is 1.25. The van der Waals surface area contributed by atoms with Crippen molar-refractivity contribution >= 4 is 17.5 Å². The van der Waals surface area contributed by atoms with Gasteiger partial charge in [0.05, 0.1) is 0 Å². The maximum atomic E-state index is 12.8. The number of anilines is 1. The lowest BCUT2D eigenvalue weighted by molar-refractivity contribution is -0.132. The molecular formula is C30H28N2O3. The summed E-state index contributed by atoms with van der Waals surface area (Å²) in [6.07, 6.45) is 1.96. The molecule has 0 radical (unpaired) electrons. The van der Waals surface area contributed by atoms with E-state index < -0.39 is 0 Å². The third kappa shape index (κ3) is 5.35. The van der Waals surface area contributed by atoms with Crippen LogP contribution in [-0.2, 0) is 24.2 Å². The zero-order valence-corrected chi connectivity index (χ0v) is 19.8. The molecule has 5 rings (SSSR count). The van der Waals surface area contributed by atoms with Gasteiger partial charge in [-0.2, -0.15) is 0 Å². The number of carbonyl (C=O) groups is 2. The predicted molar refractivity (Wildman–Crippen MR) is 137 cm³/mol. The van der Waals surface area contributed by atoms with Crippen molar-refractivity contribution in [3.63, 3.8) is 0 Å². The Hall–Kier alpha value is -4.12. The second-order valence-corrected chi connectivity index (χ2v) is 9.01. The number of aryl methyl sites for hydroxylation is 2. The first-order chi connectivity index (χ1) is 17.0. The van der Waals surface area contributed by atoms with Gasteiger partial charge in [-0.1, -0.05) is 60.2 Å². The number of hydrogen-bond acceptors (Lipinski definition) is 3. The van der Waals surface area contributed by atoms with E-state index in [1.54, 1.807) is 0 Å². The van der Waals surface area contributed by atoms with Crippen LogP contribution in [-0.4, -0.2) is 23.3 Å². The van der Waals surface area contributed by atoms with Gasteiger partial charge in [0.1, 0.15) is 11.5 Å². The molecule has 2 amide bonds. The Kier molecular flexibility index (Phi) is 6.49. The van der Waals surface area contributed by atoms with Gasteiger partial charge < -0.3 is 14.6 Å².